The smallest absolute Gasteiger partial charge is 0.410 e. The second-order valence-corrected chi connectivity index (χ2v) is 8.03. The van der Waals surface area contributed by atoms with E-state index in [0.717, 1.165) is 29.8 Å². The number of fused-ring (bicyclic) bond motifs is 1. The number of ether oxygens (including phenoxy) is 3. The molecule has 0 aromatic heterocycles. The first-order chi connectivity index (χ1) is 12.7. The largest absolute Gasteiger partial charge is 0.490 e. The van der Waals surface area contributed by atoms with Crippen molar-refractivity contribution in [2.75, 3.05) is 25.5 Å². The fourth-order valence-corrected chi connectivity index (χ4v) is 3.36. The number of carbonyl (C=O) groups excluding carboxylic acids is 2. The highest BCUT2D eigenvalue weighted by atomic mass is 16.6. The minimum absolute atomic E-state index is 0.0551. The zero-order valence-electron chi connectivity index (χ0n) is 16.4. The summed E-state index contributed by atoms with van der Waals surface area (Å²) in [6, 6.07) is 5.51. The second-order valence-electron chi connectivity index (χ2n) is 8.03. The van der Waals surface area contributed by atoms with E-state index in [1.807, 2.05) is 39.0 Å². The highest BCUT2D eigenvalue weighted by molar-refractivity contribution is 5.83. The van der Waals surface area contributed by atoms with E-state index in [0.29, 0.717) is 19.5 Å². The number of methoxy groups -OCH3 is 1. The molecule has 1 saturated heterocycles. The fraction of sp³-hybridized carbons (Fsp3) is 0.600. The third-order valence-electron chi connectivity index (χ3n) is 4.72. The quantitative estimate of drug-likeness (QED) is 0.818. The summed E-state index contributed by atoms with van der Waals surface area (Å²) in [5.74, 6) is 0.505. The van der Waals surface area contributed by atoms with E-state index < -0.39 is 5.60 Å². The van der Waals surface area contributed by atoms with Crippen molar-refractivity contribution in [2.45, 2.75) is 57.8 Å². The van der Waals surface area contributed by atoms with Gasteiger partial charge in [0.05, 0.1) is 7.11 Å². The monoisotopic (exact) mass is 376 g/mol. The SMILES string of the molecule is COC(=O)C1Cc2ccc(OC3CCN(C(=O)OC(C)(C)C)CC3)cc2N1. The van der Waals surface area contributed by atoms with Gasteiger partial charge in [-0.15, -0.1) is 0 Å². The van der Waals surface area contributed by atoms with Crippen molar-refractivity contribution in [1.29, 1.82) is 0 Å². The van der Waals surface area contributed by atoms with Crippen LogP contribution in [0.15, 0.2) is 18.2 Å². The molecule has 7 nitrogen and oxygen atoms in total. The number of rotatable bonds is 3. The first kappa shape index (κ1) is 19.3. The molecule has 1 N–H and O–H groups in total. The van der Waals surface area contributed by atoms with Gasteiger partial charge in [-0.2, -0.15) is 0 Å². The number of anilines is 1. The van der Waals surface area contributed by atoms with E-state index >= 15 is 0 Å². The van der Waals surface area contributed by atoms with Gasteiger partial charge in [-0.3, -0.25) is 0 Å². The van der Waals surface area contributed by atoms with Crippen molar-refractivity contribution in [1.82, 2.24) is 4.90 Å². The number of esters is 1. The lowest BCUT2D eigenvalue weighted by Gasteiger charge is -2.33. The molecule has 27 heavy (non-hydrogen) atoms. The lowest BCUT2D eigenvalue weighted by molar-refractivity contribution is -0.141. The molecule has 3 rings (SSSR count). The van der Waals surface area contributed by atoms with Crippen molar-refractivity contribution in [3.63, 3.8) is 0 Å². The molecule has 1 amide bonds. The molecule has 1 atom stereocenters. The summed E-state index contributed by atoms with van der Waals surface area (Å²) in [7, 11) is 1.39. The molecular formula is C20H28N2O5. The normalized spacial score (nSPS) is 19.9. The summed E-state index contributed by atoms with van der Waals surface area (Å²) < 4.78 is 16.3. The Morgan fingerprint density at radius 3 is 2.52 bits per heavy atom. The van der Waals surface area contributed by atoms with Gasteiger partial charge in [-0.1, -0.05) is 6.07 Å². The zero-order chi connectivity index (χ0) is 19.6. The number of nitrogens with zero attached hydrogens (tertiary/aromatic N) is 1. The Hall–Kier alpha value is -2.44. The van der Waals surface area contributed by atoms with Crippen LogP contribution in [-0.4, -0.2) is 54.9 Å². The Morgan fingerprint density at radius 2 is 1.89 bits per heavy atom. The summed E-state index contributed by atoms with van der Waals surface area (Å²) in [4.78, 5) is 25.6. The number of likely N-dealkylation sites (tertiary alicyclic amines) is 1. The van der Waals surface area contributed by atoms with Crippen molar-refractivity contribution in [3.05, 3.63) is 23.8 Å². The predicted octanol–water partition coefficient (Wildman–Crippen LogP) is 2.97. The van der Waals surface area contributed by atoms with Gasteiger partial charge in [0.2, 0.25) is 0 Å². The van der Waals surface area contributed by atoms with Gasteiger partial charge < -0.3 is 24.4 Å². The average molecular weight is 376 g/mol. The van der Waals surface area contributed by atoms with Crippen LogP contribution in [-0.2, 0) is 20.7 Å². The third-order valence-corrected chi connectivity index (χ3v) is 4.72. The van der Waals surface area contributed by atoms with Crippen molar-refractivity contribution >= 4 is 17.7 Å². The standard InChI is InChI=1S/C20H28N2O5/c1-20(2,3)27-19(24)22-9-7-14(8-10-22)26-15-6-5-13-11-17(18(23)25-4)21-16(13)12-15/h5-6,12,14,17,21H,7-11H2,1-4H3. The molecule has 1 unspecified atom stereocenters. The average Bonchev–Trinajstić information content (AvgIpc) is 3.03. The highest BCUT2D eigenvalue weighted by Gasteiger charge is 2.29. The van der Waals surface area contributed by atoms with Crippen LogP contribution >= 0.6 is 0 Å². The number of hydrogen-bond acceptors (Lipinski definition) is 6. The van der Waals surface area contributed by atoms with Crippen LogP contribution in [0.25, 0.3) is 0 Å². The van der Waals surface area contributed by atoms with E-state index in [-0.39, 0.29) is 24.2 Å². The van der Waals surface area contributed by atoms with Crippen LogP contribution in [0.5, 0.6) is 5.75 Å². The molecule has 2 aliphatic heterocycles. The summed E-state index contributed by atoms with van der Waals surface area (Å²) in [6.45, 7) is 6.84. The van der Waals surface area contributed by atoms with E-state index in [9.17, 15) is 9.59 Å². The molecule has 2 heterocycles. The topological polar surface area (TPSA) is 77.1 Å². The van der Waals surface area contributed by atoms with Crippen molar-refractivity contribution in [3.8, 4) is 5.75 Å². The van der Waals surface area contributed by atoms with Crippen LogP contribution in [0.3, 0.4) is 0 Å². The first-order valence-electron chi connectivity index (χ1n) is 9.37. The predicted molar refractivity (Wildman–Crippen MR) is 101 cm³/mol. The van der Waals surface area contributed by atoms with E-state index in [1.165, 1.54) is 7.11 Å². The number of benzene rings is 1. The van der Waals surface area contributed by atoms with Gasteiger partial charge in [0.1, 0.15) is 23.5 Å². The van der Waals surface area contributed by atoms with Gasteiger partial charge in [0.25, 0.3) is 0 Å². The van der Waals surface area contributed by atoms with Crippen LogP contribution in [0.2, 0.25) is 0 Å². The molecule has 0 bridgehead atoms. The van der Waals surface area contributed by atoms with Gasteiger partial charge in [-0.25, -0.2) is 9.59 Å². The maximum absolute atomic E-state index is 12.1. The molecule has 7 heteroatoms. The lowest BCUT2D eigenvalue weighted by atomic mass is 10.1. The fourth-order valence-electron chi connectivity index (χ4n) is 3.36. The molecular weight excluding hydrogens is 348 g/mol. The van der Waals surface area contributed by atoms with Crippen LogP contribution in [0.1, 0.15) is 39.2 Å². The molecule has 1 fully saturated rings. The minimum atomic E-state index is -0.482. The molecule has 148 valence electrons. The molecule has 0 saturated carbocycles. The Labute approximate surface area is 160 Å². The van der Waals surface area contributed by atoms with Gasteiger partial charge in [0.15, 0.2) is 0 Å². The number of nitrogens with one attached hydrogen (secondary N) is 1. The number of carbonyl (C=O) groups is 2. The maximum Gasteiger partial charge on any atom is 0.410 e. The Balaban J connectivity index is 1.52. The van der Waals surface area contributed by atoms with E-state index in [4.69, 9.17) is 14.2 Å². The molecule has 1 aromatic carbocycles. The first-order valence-corrected chi connectivity index (χ1v) is 9.37. The Bertz CT molecular complexity index is 705. The molecule has 0 spiro atoms. The number of hydrogen-bond donors (Lipinski definition) is 1. The van der Waals surface area contributed by atoms with Crippen molar-refractivity contribution in [2.24, 2.45) is 0 Å². The highest BCUT2D eigenvalue weighted by Crippen LogP contribution is 2.31. The molecule has 1 aromatic rings. The molecule has 0 aliphatic carbocycles. The molecule has 0 radical (unpaired) electrons. The summed E-state index contributed by atoms with van der Waals surface area (Å²) >= 11 is 0. The van der Waals surface area contributed by atoms with Crippen LogP contribution in [0, 0.1) is 0 Å². The number of piperidine rings is 1. The Kier molecular flexibility index (Phi) is 5.48. The van der Waals surface area contributed by atoms with Crippen LogP contribution < -0.4 is 10.1 Å². The second kappa shape index (κ2) is 7.66. The number of amides is 1. The van der Waals surface area contributed by atoms with Gasteiger partial charge in [0, 0.05) is 44.1 Å². The summed E-state index contributed by atoms with van der Waals surface area (Å²) in [5.41, 5.74) is 1.51. The lowest BCUT2D eigenvalue weighted by Crippen LogP contribution is -2.44. The van der Waals surface area contributed by atoms with Crippen LogP contribution in [0.4, 0.5) is 10.5 Å². The van der Waals surface area contributed by atoms with Gasteiger partial charge >= 0.3 is 12.1 Å². The third kappa shape index (κ3) is 4.84. The van der Waals surface area contributed by atoms with E-state index in [1.54, 1.807) is 4.90 Å². The summed E-state index contributed by atoms with van der Waals surface area (Å²) in [5, 5.41) is 3.18. The Morgan fingerprint density at radius 1 is 1.19 bits per heavy atom. The van der Waals surface area contributed by atoms with Gasteiger partial charge in [-0.05, 0) is 32.4 Å². The zero-order valence-corrected chi connectivity index (χ0v) is 16.4. The maximum atomic E-state index is 12.1. The van der Waals surface area contributed by atoms with E-state index in [2.05, 4.69) is 5.32 Å². The molecule has 2 aliphatic rings. The summed E-state index contributed by atoms with van der Waals surface area (Å²) in [6.07, 6.45) is 1.93. The van der Waals surface area contributed by atoms with Crippen molar-refractivity contribution < 1.29 is 23.8 Å². The minimum Gasteiger partial charge on any atom is -0.490 e.